The zero-order valence-electron chi connectivity index (χ0n) is 10.7. The molecule has 1 rings (SSSR count). The minimum absolute atomic E-state index is 0.134. The fraction of sp³-hybridized carbons (Fsp3) is 0.500. The SMILES string of the molecule is C=C(C)COCCNc1cnn(CC)c(=O)c1Br. The van der Waals surface area contributed by atoms with Crippen LogP contribution < -0.4 is 10.9 Å². The van der Waals surface area contributed by atoms with Crippen molar-refractivity contribution in [2.75, 3.05) is 25.1 Å². The topological polar surface area (TPSA) is 56.1 Å². The van der Waals surface area contributed by atoms with Crippen LogP contribution in [0.5, 0.6) is 0 Å². The summed E-state index contributed by atoms with van der Waals surface area (Å²) < 4.78 is 7.25. The molecule has 1 heterocycles. The van der Waals surface area contributed by atoms with Gasteiger partial charge in [-0.2, -0.15) is 5.10 Å². The molecule has 0 fully saturated rings. The number of hydrogen-bond acceptors (Lipinski definition) is 4. The zero-order valence-corrected chi connectivity index (χ0v) is 12.3. The first kappa shape index (κ1) is 14.9. The molecule has 0 aromatic carbocycles. The van der Waals surface area contributed by atoms with Gasteiger partial charge in [0.05, 0.1) is 25.1 Å². The Kier molecular flexibility index (Phi) is 6.07. The highest BCUT2D eigenvalue weighted by molar-refractivity contribution is 9.10. The maximum Gasteiger partial charge on any atom is 0.283 e. The van der Waals surface area contributed by atoms with Crippen LogP contribution in [0.15, 0.2) is 27.6 Å². The maximum absolute atomic E-state index is 11.8. The van der Waals surface area contributed by atoms with Crippen LogP contribution in [0.3, 0.4) is 0 Å². The van der Waals surface area contributed by atoms with E-state index in [1.54, 1.807) is 6.20 Å². The van der Waals surface area contributed by atoms with E-state index in [9.17, 15) is 4.79 Å². The summed E-state index contributed by atoms with van der Waals surface area (Å²) in [4.78, 5) is 11.8. The van der Waals surface area contributed by atoms with Crippen molar-refractivity contribution in [2.24, 2.45) is 0 Å². The van der Waals surface area contributed by atoms with Crippen molar-refractivity contribution in [3.8, 4) is 0 Å². The fourth-order valence-electron chi connectivity index (χ4n) is 1.32. The van der Waals surface area contributed by atoms with Gasteiger partial charge in [-0.3, -0.25) is 4.79 Å². The maximum atomic E-state index is 11.8. The molecule has 0 radical (unpaired) electrons. The van der Waals surface area contributed by atoms with E-state index >= 15 is 0 Å². The Morgan fingerprint density at radius 2 is 2.39 bits per heavy atom. The third-order valence-corrected chi connectivity index (χ3v) is 2.96. The van der Waals surface area contributed by atoms with Crippen molar-refractivity contribution >= 4 is 21.6 Å². The van der Waals surface area contributed by atoms with Gasteiger partial charge in [0.15, 0.2) is 0 Å². The summed E-state index contributed by atoms with van der Waals surface area (Å²) in [5.41, 5.74) is 1.54. The minimum Gasteiger partial charge on any atom is -0.380 e. The molecule has 0 aliphatic carbocycles. The molecule has 6 heteroatoms. The van der Waals surface area contributed by atoms with Gasteiger partial charge in [-0.15, -0.1) is 0 Å². The van der Waals surface area contributed by atoms with Crippen molar-refractivity contribution in [3.05, 3.63) is 33.2 Å². The molecule has 0 atom stereocenters. The van der Waals surface area contributed by atoms with E-state index in [2.05, 4.69) is 32.9 Å². The number of aryl methyl sites for hydroxylation is 1. The summed E-state index contributed by atoms with van der Waals surface area (Å²) in [5, 5.41) is 7.14. The summed E-state index contributed by atoms with van der Waals surface area (Å²) in [6.45, 7) is 9.81. The van der Waals surface area contributed by atoms with E-state index in [1.165, 1.54) is 4.68 Å². The molecule has 0 saturated carbocycles. The summed E-state index contributed by atoms with van der Waals surface area (Å²) in [6.07, 6.45) is 1.63. The summed E-state index contributed by atoms with van der Waals surface area (Å²) >= 11 is 3.27. The van der Waals surface area contributed by atoms with Crippen LogP contribution in [0, 0.1) is 0 Å². The van der Waals surface area contributed by atoms with Gasteiger partial charge in [-0.1, -0.05) is 12.2 Å². The highest BCUT2D eigenvalue weighted by Crippen LogP contribution is 2.15. The Hall–Kier alpha value is -1.14. The number of halogens is 1. The molecule has 0 bridgehead atoms. The molecule has 1 aromatic rings. The third kappa shape index (κ3) is 4.27. The lowest BCUT2D eigenvalue weighted by molar-refractivity contribution is 0.167. The lowest BCUT2D eigenvalue weighted by Gasteiger charge is -2.09. The highest BCUT2D eigenvalue weighted by atomic mass is 79.9. The van der Waals surface area contributed by atoms with E-state index in [0.29, 0.717) is 36.5 Å². The first-order valence-corrected chi connectivity index (χ1v) is 6.57. The molecule has 0 aliphatic heterocycles. The smallest absolute Gasteiger partial charge is 0.283 e. The largest absolute Gasteiger partial charge is 0.380 e. The molecule has 100 valence electrons. The van der Waals surface area contributed by atoms with Gasteiger partial charge in [0.25, 0.3) is 5.56 Å². The van der Waals surface area contributed by atoms with Gasteiger partial charge >= 0.3 is 0 Å². The van der Waals surface area contributed by atoms with E-state index < -0.39 is 0 Å². The van der Waals surface area contributed by atoms with Crippen LogP contribution in [0.1, 0.15) is 13.8 Å². The first-order valence-electron chi connectivity index (χ1n) is 5.77. The molecule has 0 unspecified atom stereocenters. The Morgan fingerprint density at radius 1 is 1.67 bits per heavy atom. The number of rotatable bonds is 7. The van der Waals surface area contributed by atoms with Crippen LogP contribution in [0.4, 0.5) is 5.69 Å². The van der Waals surface area contributed by atoms with Gasteiger partial charge in [-0.05, 0) is 29.8 Å². The van der Waals surface area contributed by atoms with E-state index in [1.807, 2.05) is 13.8 Å². The molecular formula is C12H18BrN3O2. The molecule has 0 aliphatic rings. The standard InChI is InChI=1S/C12H18BrN3O2/c1-4-16-12(17)11(13)10(7-15-16)14-5-6-18-8-9(2)3/h7,14H,2,4-6,8H2,1,3H3. The predicted octanol–water partition coefficient (Wildman–Crippen LogP) is 2.03. The molecule has 0 saturated heterocycles. The molecule has 0 spiro atoms. The van der Waals surface area contributed by atoms with Crippen molar-refractivity contribution in [2.45, 2.75) is 20.4 Å². The first-order chi connectivity index (χ1) is 8.56. The average Bonchev–Trinajstić information content (AvgIpc) is 2.33. The van der Waals surface area contributed by atoms with Crippen molar-refractivity contribution in [1.29, 1.82) is 0 Å². The molecule has 1 aromatic heterocycles. The summed E-state index contributed by atoms with van der Waals surface area (Å²) in [6, 6.07) is 0. The summed E-state index contributed by atoms with van der Waals surface area (Å²) in [5.74, 6) is 0. The minimum atomic E-state index is -0.134. The fourth-order valence-corrected chi connectivity index (χ4v) is 1.77. The molecule has 1 N–H and O–H groups in total. The number of nitrogens with zero attached hydrogens (tertiary/aromatic N) is 2. The summed E-state index contributed by atoms with van der Waals surface area (Å²) in [7, 11) is 0. The lowest BCUT2D eigenvalue weighted by Crippen LogP contribution is -2.24. The van der Waals surface area contributed by atoms with E-state index in [4.69, 9.17) is 4.74 Å². The average molecular weight is 316 g/mol. The van der Waals surface area contributed by atoms with Gasteiger partial charge < -0.3 is 10.1 Å². The van der Waals surface area contributed by atoms with Crippen molar-refractivity contribution in [3.63, 3.8) is 0 Å². The number of nitrogens with one attached hydrogen (secondary N) is 1. The van der Waals surface area contributed by atoms with Crippen LogP contribution in [-0.4, -0.2) is 29.5 Å². The second-order valence-corrected chi connectivity index (χ2v) is 4.72. The van der Waals surface area contributed by atoms with E-state index in [-0.39, 0.29) is 5.56 Å². The number of hydrogen-bond donors (Lipinski definition) is 1. The molecule has 0 amide bonds. The van der Waals surface area contributed by atoms with Crippen LogP contribution in [0.25, 0.3) is 0 Å². The van der Waals surface area contributed by atoms with Gasteiger partial charge in [-0.25, -0.2) is 4.68 Å². The number of ether oxygens (including phenoxy) is 1. The van der Waals surface area contributed by atoms with Gasteiger partial charge in [0.1, 0.15) is 4.47 Å². The molecule has 5 nitrogen and oxygen atoms in total. The predicted molar refractivity (Wildman–Crippen MR) is 76.0 cm³/mol. The zero-order chi connectivity index (χ0) is 13.5. The van der Waals surface area contributed by atoms with E-state index in [0.717, 1.165) is 5.57 Å². The van der Waals surface area contributed by atoms with Crippen LogP contribution in [-0.2, 0) is 11.3 Å². The monoisotopic (exact) mass is 315 g/mol. The second kappa shape index (κ2) is 7.33. The van der Waals surface area contributed by atoms with Gasteiger partial charge in [0, 0.05) is 13.1 Å². The Bertz CT molecular complexity index is 471. The lowest BCUT2D eigenvalue weighted by atomic mass is 10.4. The van der Waals surface area contributed by atoms with Crippen LogP contribution in [0.2, 0.25) is 0 Å². The second-order valence-electron chi connectivity index (χ2n) is 3.93. The Balaban J connectivity index is 2.51. The Labute approximate surface area is 115 Å². The third-order valence-electron chi connectivity index (χ3n) is 2.19. The van der Waals surface area contributed by atoms with Crippen molar-refractivity contribution in [1.82, 2.24) is 9.78 Å². The number of aromatic nitrogens is 2. The van der Waals surface area contributed by atoms with Crippen molar-refractivity contribution < 1.29 is 4.74 Å². The Morgan fingerprint density at radius 3 is 3.00 bits per heavy atom. The molecular weight excluding hydrogens is 298 g/mol. The van der Waals surface area contributed by atoms with Crippen LogP contribution >= 0.6 is 15.9 Å². The normalized spacial score (nSPS) is 10.4. The molecule has 18 heavy (non-hydrogen) atoms. The number of anilines is 1. The van der Waals surface area contributed by atoms with Gasteiger partial charge in [0.2, 0.25) is 0 Å². The quantitative estimate of drug-likeness (QED) is 0.618. The highest BCUT2D eigenvalue weighted by Gasteiger charge is 2.06.